The lowest BCUT2D eigenvalue weighted by Gasteiger charge is -2.08. The van der Waals surface area contributed by atoms with Gasteiger partial charge in [0, 0.05) is 23.1 Å². The van der Waals surface area contributed by atoms with Crippen LogP contribution in [-0.4, -0.2) is 27.6 Å². The van der Waals surface area contributed by atoms with Gasteiger partial charge in [-0.25, -0.2) is 4.98 Å². The molecule has 0 saturated heterocycles. The molecule has 0 aliphatic carbocycles. The lowest BCUT2D eigenvalue weighted by Crippen LogP contribution is -2.17. The zero-order valence-corrected chi connectivity index (χ0v) is 15.9. The van der Waals surface area contributed by atoms with Crippen molar-refractivity contribution in [2.45, 2.75) is 6.92 Å². The van der Waals surface area contributed by atoms with Gasteiger partial charge in [-0.3, -0.25) is 14.7 Å². The maximum absolute atomic E-state index is 13.1. The average Bonchev–Trinajstić information content (AvgIpc) is 3.07. The fourth-order valence-corrected chi connectivity index (χ4v) is 2.99. The molecular formula is C21H19N5O3. The second kappa shape index (κ2) is 7.51. The molecule has 0 radical (unpaired) electrons. The Morgan fingerprint density at radius 3 is 2.48 bits per heavy atom. The normalized spacial score (nSPS) is 10.7. The summed E-state index contributed by atoms with van der Waals surface area (Å²) in [6.45, 7) is 1.71. The van der Waals surface area contributed by atoms with Gasteiger partial charge in [-0.05, 0) is 43.3 Å². The van der Waals surface area contributed by atoms with E-state index < -0.39 is 5.91 Å². The molecule has 8 heteroatoms. The van der Waals surface area contributed by atoms with Crippen LogP contribution >= 0.6 is 0 Å². The smallest absolute Gasteiger partial charge is 0.272 e. The highest BCUT2D eigenvalue weighted by Gasteiger charge is 2.22. The number of rotatable bonds is 5. The number of carbonyl (C=O) groups excluding carboxylic acids is 1. The van der Waals surface area contributed by atoms with Crippen LogP contribution < -0.4 is 20.9 Å². The van der Waals surface area contributed by atoms with Crippen LogP contribution in [0.4, 0.5) is 17.2 Å². The topological polar surface area (TPSA) is 101 Å². The van der Waals surface area contributed by atoms with Crippen LogP contribution in [0.15, 0.2) is 65.5 Å². The summed E-state index contributed by atoms with van der Waals surface area (Å²) in [7, 11) is 1.58. The van der Waals surface area contributed by atoms with Crippen LogP contribution in [0.5, 0.6) is 5.75 Å². The van der Waals surface area contributed by atoms with E-state index >= 15 is 0 Å². The lowest BCUT2D eigenvalue weighted by molar-refractivity contribution is 0.102. The van der Waals surface area contributed by atoms with E-state index in [-0.39, 0.29) is 16.8 Å². The molecule has 146 valence electrons. The van der Waals surface area contributed by atoms with Gasteiger partial charge in [-0.2, -0.15) is 4.52 Å². The third-order valence-corrected chi connectivity index (χ3v) is 4.36. The second-order valence-electron chi connectivity index (χ2n) is 6.43. The molecular weight excluding hydrogens is 370 g/mol. The molecule has 0 unspecified atom stereocenters. The fourth-order valence-electron chi connectivity index (χ4n) is 2.99. The molecule has 0 aliphatic rings. The Hall–Kier alpha value is -4.07. The first-order valence-electron chi connectivity index (χ1n) is 8.95. The maximum Gasteiger partial charge on any atom is 0.272 e. The molecule has 4 aromatic rings. The molecule has 3 N–H and O–H groups in total. The third-order valence-electron chi connectivity index (χ3n) is 4.36. The summed E-state index contributed by atoms with van der Waals surface area (Å²) in [5, 5.41) is 8.94. The standard InChI is InChI=1S/C21H19N5O3/c1-13-12-17(27)26-20(22-13)18(19(25-26)23-14-6-4-3-5-7-14)21(28)24-15-8-10-16(29-2)11-9-15/h3-12,23,25H,1-2H3,(H,24,28). The number of benzene rings is 2. The lowest BCUT2D eigenvalue weighted by atomic mass is 10.2. The maximum atomic E-state index is 13.1. The van der Waals surface area contributed by atoms with Crippen LogP contribution in [0.3, 0.4) is 0 Å². The predicted octanol–water partition coefficient (Wildman–Crippen LogP) is 3.34. The van der Waals surface area contributed by atoms with Gasteiger partial charge < -0.3 is 15.4 Å². The number of aromatic amines is 1. The molecule has 0 atom stereocenters. The number of hydrogen-bond donors (Lipinski definition) is 3. The molecule has 0 fully saturated rings. The van der Waals surface area contributed by atoms with E-state index in [9.17, 15) is 9.59 Å². The van der Waals surface area contributed by atoms with Gasteiger partial charge in [-0.1, -0.05) is 18.2 Å². The quantitative estimate of drug-likeness (QED) is 0.486. The van der Waals surface area contributed by atoms with Crippen molar-refractivity contribution in [3.63, 3.8) is 0 Å². The van der Waals surface area contributed by atoms with Crippen LogP contribution in [0.1, 0.15) is 16.1 Å². The summed E-state index contributed by atoms with van der Waals surface area (Å²) in [5.41, 5.74) is 2.08. The molecule has 0 spiro atoms. The van der Waals surface area contributed by atoms with Gasteiger partial charge in [0.15, 0.2) is 5.65 Å². The summed E-state index contributed by atoms with van der Waals surface area (Å²) < 4.78 is 6.39. The zero-order valence-electron chi connectivity index (χ0n) is 15.9. The molecule has 8 nitrogen and oxygen atoms in total. The Morgan fingerprint density at radius 2 is 1.79 bits per heavy atom. The number of nitrogens with one attached hydrogen (secondary N) is 3. The minimum absolute atomic E-state index is 0.241. The highest BCUT2D eigenvalue weighted by Crippen LogP contribution is 2.24. The number of fused-ring (bicyclic) bond motifs is 1. The van der Waals surface area contributed by atoms with Crippen molar-refractivity contribution in [2.24, 2.45) is 0 Å². The van der Waals surface area contributed by atoms with E-state index in [1.165, 1.54) is 10.6 Å². The van der Waals surface area contributed by atoms with Crippen molar-refractivity contribution in [3.8, 4) is 5.75 Å². The molecule has 1 amide bonds. The van der Waals surface area contributed by atoms with Crippen LogP contribution in [0.2, 0.25) is 0 Å². The van der Waals surface area contributed by atoms with Gasteiger partial charge in [-0.15, -0.1) is 0 Å². The van der Waals surface area contributed by atoms with Crippen LogP contribution in [0, 0.1) is 6.92 Å². The Morgan fingerprint density at radius 1 is 1.07 bits per heavy atom. The molecule has 2 aromatic heterocycles. The summed E-state index contributed by atoms with van der Waals surface area (Å²) in [6, 6.07) is 17.7. The van der Waals surface area contributed by atoms with Crippen molar-refractivity contribution in [3.05, 3.63) is 82.3 Å². The van der Waals surface area contributed by atoms with Crippen molar-refractivity contribution < 1.29 is 9.53 Å². The summed E-state index contributed by atoms with van der Waals surface area (Å²) >= 11 is 0. The number of aryl methyl sites for hydroxylation is 1. The van der Waals surface area contributed by atoms with Crippen LogP contribution in [-0.2, 0) is 0 Å². The highest BCUT2D eigenvalue weighted by molar-refractivity contribution is 6.12. The zero-order chi connectivity index (χ0) is 20.4. The minimum Gasteiger partial charge on any atom is -0.497 e. The minimum atomic E-state index is -0.398. The number of ether oxygens (including phenoxy) is 1. The van der Waals surface area contributed by atoms with E-state index in [4.69, 9.17) is 4.74 Å². The van der Waals surface area contributed by atoms with Gasteiger partial charge in [0.1, 0.15) is 17.1 Å². The SMILES string of the molecule is COc1ccc(NC(=O)c2c(Nc3ccccc3)[nH]n3c(=O)cc(C)nc23)cc1. The number of para-hydroxylation sites is 1. The van der Waals surface area contributed by atoms with E-state index in [2.05, 4.69) is 20.7 Å². The van der Waals surface area contributed by atoms with E-state index in [0.29, 0.717) is 22.9 Å². The van der Waals surface area contributed by atoms with E-state index in [1.807, 2.05) is 30.3 Å². The first-order valence-corrected chi connectivity index (χ1v) is 8.95. The molecule has 29 heavy (non-hydrogen) atoms. The van der Waals surface area contributed by atoms with E-state index in [1.54, 1.807) is 38.3 Å². The number of H-pyrrole nitrogens is 1. The van der Waals surface area contributed by atoms with Crippen molar-refractivity contribution >= 4 is 28.7 Å². The Balaban J connectivity index is 1.78. The van der Waals surface area contributed by atoms with Crippen molar-refractivity contribution in [1.29, 1.82) is 0 Å². The highest BCUT2D eigenvalue weighted by atomic mass is 16.5. The second-order valence-corrected chi connectivity index (χ2v) is 6.43. The first kappa shape index (κ1) is 18.3. The first-order chi connectivity index (χ1) is 14.0. The molecule has 2 aromatic carbocycles. The van der Waals surface area contributed by atoms with Crippen molar-refractivity contribution in [1.82, 2.24) is 14.6 Å². The number of carbonyl (C=O) groups is 1. The van der Waals surface area contributed by atoms with Gasteiger partial charge in [0.2, 0.25) is 0 Å². The molecule has 0 saturated carbocycles. The average molecular weight is 389 g/mol. The molecule has 0 aliphatic heterocycles. The Bertz CT molecular complexity index is 1230. The number of aromatic nitrogens is 3. The van der Waals surface area contributed by atoms with Crippen molar-refractivity contribution in [2.75, 3.05) is 17.7 Å². The molecule has 0 bridgehead atoms. The number of nitrogens with zero attached hydrogens (tertiary/aromatic N) is 2. The molecule has 4 rings (SSSR count). The number of methoxy groups -OCH3 is 1. The van der Waals surface area contributed by atoms with E-state index in [0.717, 1.165) is 5.69 Å². The van der Waals surface area contributed by atoms with Gasteiger partial charge in [0.25, 0.3) is 11.5 Å². The van der Waals surface area contributed by atoms with Gasteiger partial charge in [0.05, 0.1) is 7.11 Å². The van der Waals surface area contributed by atoms with Crippen LogP contribution in [0.25, 0.3) is 5.65 Å². The number of amides is 1. The molecule has 2 heterocycles. The van der Waals surface area contributed by atoms with Gasteiger partial charge >= 0.3 is 0 Å². The Kier molecular flexibility index (Phi) is 4.74. The summed E-state index contributed by atoms with van der Waals surface area (Å²) in [5.74, 6) is 0.660. The Labute approximate surface area is 166 Å². The monoisotopic (exact) mass is 389 g/mol. The fraction of sp³-hybridized carbons (Fsp3) is 0.0952. The number of anilines is 3. The third kappa shape index (κ3) is 3.68. The summed E-state index contributed by atoms with van der Waals surface area (Å²) in [6.07, 6.45) is 0. The largest absolute Gasteiger partial charge is 0.497 e. The summed E-state index contributed by atoms with van der Waals surface area (Å²) in [4.78, 5) is 29.9. The predicted molar refractivity (Wildman–Crippen MR) is 111 cm³/mol. The number of hydrogen-bond acceptors (Lipinski definition) is 5.